The van der Waals surface area contributed by atoms with E-state index in [1.807, 2.05) is 6.07 Å². The second kappa shape index (κ2) is 5.21. The molecule has 16 heavy (non-hydrogen) atoms. The summed E-state index contributed by atoms with van der Waals surface area (Å²) in [5, 5.41) is 3.46. The van der Waals surface area contributed by atoms with E-state index < -0.39 is 0 Å². The highest BCUT2D eigenvalue weighted by Crippen LogP contribution is 2.33. The molecule has 1 aromatic carbocycles. The van der Waals surface area contributed by atoms with E-state index in [0.29, 0.717) is 5.92 Å². The molecule has 0 bridgehead atoms. The first kappa shape index (κ1) is 11.3. The zero-order chi connectivity index (χ0) is 11.4. The van der Waals surface area contributed by atoms with E-state index in [1.54, 1.807) is 14.2 Å². The minimum Gasteiger partial charge on any atom is -0.495 e. The molecular weight excluding hydrogens is 202 g/mol. The number of anilines is 1. The van der Waals surface area contributed by atoms with Gasteiger partial charge in [0.05, 0.1) is 12.8 Å². The van der Waals surface area contributed by atoms with Crippen molar-refractivity contribution in [2.75, 3.05) is 32.7 Å². The van der Waals surface area contributed by atoms with Crippen LogP contribution in [0.4, 0.5) is 5.69 Å². The number of benzene rings is 1. The fourth-order valence-corrected chi connectivity index (χ4v) is 2.24. The molecule has 0 aliphatic carbocycles. The van der Waals surface area contributed by atoms with Crippen LogP contribution in [0.3, 0.4) is 0 Å². The number of ether oxygens (including phenoxy) is 2. The van der Waals surface area contributed by atoms with Crippen molar-refractivity contribution >= 4 is 5.69 Å². The number of rotatable bonds is 4. The summed E-state index contributed by atoms with van der Waals surface area (Å²) in [4.78, 5) is 0. The third kappa shape index (κ3) is 2.30. The summed E-state index contributed by atoms with van der Waals surface area (Å²) in [6.45, 7) is 1.85. The smallest absolute Gasteiger partial charge is 0.142 e. The monoisotopic (exact) mass is 221 g/mol. The molecule has 3 heteroatoms. The summed E-state index contributed by atoms with van der Waals surface area (Å²) in [6.07, 6.45) is 2.23. The van der Waals surface area contributed by atoms with Crippen molar-refractivity contribution in [2.24, 2.45) is 5.92 Å². The minimum atomic E-state index is 0.666. The largest absolute Gasteiger partial charge is 0.495 e. The Morgan fingerprint density at radius 2 is 2.25 bits per heavy atom. The first-order chi connectivity index (χ1) is 7.85. The molecule has 0 amide bonds. The highest BCUT2D eigenvalue weighted by atomic mass is 16.5. The van der Waals surface area contributed by atoms with Gasteiger partial charge in [-0.1, -0.05) is 12.1 Å². The molecule has 3 nitrogen and oxygen atoms in total. The van der Waals surface area contributed by atoms with E-state index in [0.717, 1.165) is 31.7 Å². The molecule has 0 spiro atoms. The van der Waals surface area contributed by atoms with E-state index >= 15 is 0 Å². The van der Waals surface area contributed by atoms with Gasteiger partial charge in [0.1, 0.15) is 5.75 Å². The lowest BCUT2D eigenvalue weighted by Gasteiger charge is -2.27. The van der Waals surface area contributed by atoms with E-state index in [-0.39, 0.29) is 0 Å². The molecule has 1 N–H and O–H groups in total. The third-order valence-electron chi connectivity index (χ3n) is 3.14. The maximum atomic E-state index is 5.34. The SMILES string of the molecule is COCCC1CNc2c(cccc2OC)C1. The van der Waals surface area contributed by atoms with Crippen molar-refractivity contribution in [3.63, 3.8) is 0 Å². The fourth-order valence-electron chi connectivity index (χ4n) is 2.24. The third-order valence-corrected chi connectivity index (χ3v) is 3.14. The molecule has 0 saturated carbocycles. The predicted octanol–water partition coefficient (Wildman–Crippen LogP) is 2.32. The van der Waals surface area contributed by atoms with Crippen LogP contribution in [0.25, 0.3) is 0 Å². The van der Waals surface area contributed by atoms with Gasteiger partial charge >= 0.3 is 0 Å². The number of nitrogens with one attached hydrogen (secondary N) is 1. The first-order valence-corrected chi connectivity index (χ1v) is 5.74. The van der Waals surface area contributed by atoms with Crippen LogP contribution in [0, 0.1) is 5.92 Å². The average Bonchev–Trinajstić information content (AvgIpc) is 2.35. The van der Waals surface area contributed by atoms with E-state index in [4.69, 9.17) is 9.47 Å². The Morgan fingerprint density at radius 1 is 1.38 bits per heavy atom. The summed E-state index contributed by atoms with van der Waals surface area (Å²) in [5.41, 5.74) is 2.52. The van der Waals surface area contributed by atoms with Crippen LogP contribution in [-0.4, -0.2) is 27.4 Å². The molecule has 0 saturated heterocycles. The first-order valence-electron chi connectivity index (χ1n) is 5.74. The van der Waals surface area contributed by atoms with Crippen LogP contribution in [-0.2, 0) is 11.2 Å². The summed E-state index contributed by atoms with van der Waals surface area (Å²) in [5.74, 6) is 1.61. The number of fused-ring (bicyclic) bond motifs is 1. The molecule has 88 valence electrons. The number of para-hydroxylation sites is 1. The van der Waals surface area contributed by atoms with Crippen molar-refractivity contribution in [2.45, 2.75) is 12.8 Å². The number of methoxy groups -OCH3 is 2. The molecular formula is C13H19NO2. The topological polar surface area (TPSA) is 30.5 Å². The summed E-state index contributed by atoms with van der Waals surface area (Å²) < 4.78 is 10.5. The van der Waals surface area contributed by atoms with Crippen molar-refractivity contribution in [3.05, 3.63) is 23.8 Å². The summed E-state index contributed by atoms with van der Waals surface area (Å²) in [7, 11) is 3.47. The van der Waals surface area contributed by atoms with Gasteiger partial charge in [0.2, 0.25) is 0 Å². The molecule has 2 rings (SSSR count). The summed E-state index contributed by atoms with van der Waals surface area (Å²) in [6, 6.07) is 6.23. The van der Waals surface area contributed by atoms with E-state index in [1.165, 1.54) is 11.3 Å². The minimum absolute atomic E-state index is 0.666. The Morgan fingerprint density at radius 3 is 3.00 bits per heavy atom. The lowest BCUT2D eigenvalue weighted by Crippen LogP contribution is -2.24. The lowest BCUT2D eigenvalue weighted by atomic mass is 9.91. The summed E-state index contributed by atoms with van der Waals surface area (Å²) >= 11 is 0. The highest BCUT2D eigenvalue weighted by molar-refractivity contribution is 5.63. The van der Waals surface area contributed by atoms with E-state index in [2.05, 4.69) is 17.4 Å². The molecule has 1 unspecified atom stereocenters. The second-order valence-corrected chi connectivity index (χ2v) is 4.23. The van der Waals surface area contributed by atoms with Gasteiger partial charge in [0.15, 0.2) is 0 Å². The standard InChI is InChI=1S/C13H19NO2/c1-15-7-6-10-8-11-4-3-5-12(16-2)13(11)14-9-10/h3-5,10,14H,6-9H2,1-2H3. The van der Waals surface area contributed by atoms with Gasteiger partial charge in [-0.3, -0.25) is 0 Å². The van der Waals surface area contributed by atoms with Gasteiger partial charge in [0, 0.05) is 20.3 Å². The Kier molecular flexibility index (Phi) is 3.67. The number of hydrogen-bond donors (Lipinski definition) is 1. The van der Waals surface area contributed by atoms with Crippen LogP contribution < -0.4 is 10.1 Å². The van der Waals surface area contributed by atoms with Gasteiger partial charge in [-0.05, 0) is 30.4 Å². The number of hydrogen-bond acceptors (Lipinski definition) is 3. The average molecular weight is 221 g/mol. The van der Waals surface area contributed by atoms with Gasteiger partial charge in [0.25, 0.3) is 0 Å². The van der Waals surface area contributed by atoms with Crippen molar-refractivity contribution in [3.8, 4) is 5.75 Å². The van der Waals surface area contributed by atoms with Crippen molar-refractivity contribution < 1.29 is 9.47 Å². The Hall–Kier alpha value is -1.22. The molecule has 1 heterocycles. The Balaban J connectivity index is 2.09. The Labute approximate surface area is 96.8 Å². The maximum absolute atomic E-state index is 5.34. The van der Waals surface area contributed by atoms with Crippen molar-refractivity contribution in [1.82, 2.24) is 0 Å². The fraction of sp³-hybridized carbons (Fsp3) is 0.538. The van der Waals surface area contributed by atoms with Gasteiger partial charge < -0.3 is 14.8 Å². The molecule has 1 atom stereocenters. The molecule has 0 aromatic heterocycles. The second-order valence-electron chi connectivity index (χ2n) is 4.23. The van der Waals surface area contributed by atoms with Crippen molar-refractivity contribution in [1.29, 1.82) is 0 Å². The highest BCUT2D eigenvalue weighted by Gasteiger charge is 2.20. The molecule has 0 fully saturated rings. The van der Waals surface area contributed by atoms with Gasteiger partial charge in [-0.2, -0.15) is 0 Å². The van der Waals surface area contributed by atoms with E-state index in [9.17, 15) is 0 Å². The lowest BCUT2D eigenvalue weighted by molar-refractivity contribution is 0.178. The molecule has 0 radical (unpaired) electrons. The van der Waals surface area contributed by atoms with Crippen LogP contribution in [0.15, 0.2) is 18.2 Å². The molecule has 1 aliphatic heterocycles. The van der Waals surface area contributed by atoms with Gasteiger partial charge in [-0.25, -0.2) is 0 Å². The zero-order valence-corrected chi connectivity index (χ0v) is 9.95. The predicted molar refractivity (Wildman–Crippen MR) is 65.2 cm³/mol. The van der Waals surface area contributed by atoms with Crippen LogP contribution in [0.2, 0.25) is 0 Å². The molecule has 1 aromatic rings. The van der Waals surface area contributed by atoms with Crippen LogP contribution >= 0.6 is 0 Å². The van der Waals surface area contributed by atoms with Crippen LogP contribution in [0.1, 0.15) is 12.0 Å². The maximum Gasteiger partial charge on any atom is 0.142 e. The van der Waals surface area contributed by atoms with Crippen LogP contribution in [0.5, 0.6) is 5.75 Å². The molecule has 1 aliphatic rings. The van der Waals surface area contributed by atoms with Gasteiger partial charge in [-0.15, -0.1) is 0 Å². The zero-order valence-electron chi connectivity index (χ0n) is 9.95. The normalized spacial score (nSPS) is 18.8. The Bertz CT molecular complexity index is 352. The quantitative estimate of drug-likeness (QED) is 0.846.